The summed E-state index contributed by atoms with van der Waals surface area (Å²) in [6.45, 7) is 12.5. The van der Waals surface area contributed by atoms with Gasteiger partial charge in [0, 0.05) is 0 Å². The molecule has 4 heteroatoms. The standard InChI is InChI=1S/C30H49BrO3/c1-19(2)7-6-8-20(3)24-11-12-25-23-10-9-22-17-21(28(33)34-27(32)18-31)13-15-29(22,4)26(23)14-16-30(24,25)5/h19-26H,6-18H2,1-5H3/t20-,21?,22?,23+,24-,25+,26+,29+,30-/m1/s1. The van der Waals surface area contributed by atoms with E-state index < -0.39 is 5.97 Å². The van der Waals surface area contributed by atoms with Gasteiger partial charge >= 0.3 is 11.9 Å². The molecule has 0 heterocycles. The van der Waals surface area contributed by atoms with Gasteiger partial charge in [-0.1, -0.05) is 69.8 Å². The van der Waals surface area contributed by atoms with Crippen LogP contribution in [-0.4, -0.2) is 17.3 Å². The Morgan fingerprint density at radius 2 is 1.62 bits per heavy atom. The summed E-state index contributed by atoms with van der Waals surface area (Å²) >= 11 is 3.10. The summed E-state index contributed by atoms with van der Waals surface area (Å²) < 4.78 is 5.08. The molecule has 4 aliphatic rings. The van der Waals surface area contributed by atoms with Crippen LogP contribution in [0.4, 0.5) is 0 Å². The zero-order valence-electron chi connectivity index (χ0n) is 22.4. The maximum Gasteiger partial charge on any atom is 0.324 e. The van der Waals surface area contributed by atoms with Gasteiger partial charge in [0.15, 0.2) is 0 Å². The third-order valence-corrected chi connectivity index (χ3v) is 12.0. The van der Waals surface area contributed by atoms with Crippen molar-refractivity contribution < 1.29 is 14.3 Å². The molecule has 9 atom stereocenters. The van der Waals surface area contributed by atoms with Crippen molar-refractivity contribution in [3.63, 3.8) is 0 Å². The van der Waals surface area contributed by atoms with Crippen molar-refractivity contribution in [1.82, 2.24) is 0 Å². The predicted octanol–water partition coefficient (Wildman–Crippen LogP) is 8.19. The van der Waals surface area contributed by atoms with Crippen molar-refractivity contribution in [3.05, 3.63) is 0 Å². The monoisotopic (exact) mass is 536 g/mol. The van der Waals surface area contributed by atoms with Crippen molar-refractivity contribution in [2.24, 2.45) is 58.2 Å². The van der Waals surface area contributed by atoms with Crippen LogP contribution in [0.2, 0.25) is 0 Å². The first kappa shape index (κ1) is 26.7. The minimum atomic E-state index is -0.456. The first-order chi connectivity index (χ1) is 16.1. The fraction of sp³-hybridized carbons (Fsp3) is 0.933. The van der Waals surface area contributed by atoms with Gasteiger partial charge in [-0.05, 0) is 110 Å². The van der Waals surface area contributed by atoms with Crippen molar-refractivity contribution in [1.29, 1.82) is 0 Å². The van der Waals surface area contributed by atoms with E-state index >= 15 is 0 Å². The molecule has 4 rings (SSSR count). The molecule has 0 saturated heterocycles. The Labute approximate surface area is 217 Å². The van der Waals surface area contributed by atoms with Crippen LogP contribution in [-0.2, 0) is 14.3 Å². The second kappa shape index (κ2) is 10.5. The summed E-state index contributed by atoms with van der Waals surface area (Å²) in [5, 5.41) is 0.0911. The highest BCUT2D eigenvalue weighted by atomic mass is 79.9. The molecule has 4 saturated carbocycles. The van der Waals surface area contributed by atoms with Gasteiger partial charge in [0.2, 0.25) is 0 Å². The summed E-state index contributed by atoms with van der Waals surface area (Å²) in [5.41, 5.74) is 0.903. The SMILES string of the molecule is CC(C)CCC[C@@H](C)[C@H]1CC[C@H]2[C@@H]3CCC4CC(C(=O)OC(=O)CBr)CC[C@]4(C)[C@H]3CC[C@]12C. The van der Waals surface area contributed by atoms with Crippen LogP contribution in [0.1, 0.15) is 112 Å². The lowest BCUT2D eigenvalue weighted by Gasteiger charge is -2.61. The van der Waals surface area contributed by atoms with Crippen LogP contribution in [0.15, 0.2) is 0 Å². The quantitative estimate of drug-likeness (QED) is 0.187. The van der Waals surface area contributed by atoms with Crippen molar-refractivity contribution in [3.8, 4) is 0 Å². The van der Waals surface area contributed by atoms with Crippen molar-refractivity contribution >= 4 is 27.9 Å². The topological polar surface area (TPSA) is 43.4 Å². The van der Waals surface area contributed by atoms with E-state index in [4.69, 9.17) is 4.74 Å². The fourth-order valence-electron chi connectivity index (χ4n) is 9.72. The van der Waals surface area contributed by atoms with E-state index in [0.717, 1.165) is 54.8 Å². The molecule has 0 amide bonds. The zero-order chi connectivity index (χ0) is 24.7. The normalized spacial score (nSPS) is 42.4. The zero-order valence-corrected chi connectivity index (χ0v) is 24.0. The molecule has 194 valence electrons. The van der Waals surface area contributed by atoms with Gasteiger partial charge < -0.3 is 4.74 Å². The highest BCUT2D eigenvalue weighted by Crippen LogP contribution is 2.68. The molecule has 0 N–H and O–H groups in total. The minimum Gasteiger partial charge on any atom is -0.392 e. The largest absolute Gasteiger partial charge is 0.392 e. The van der Waals surface area contributed by atoms with Crippen molar-refractivity contribution in [2.45, 2.75) is 112 Å². The number of esters is 2. The lowest BCUT2D eigenvalue weighted by Crippen LogP contribution is -2.54. The summed E-state index contributed by atoms with van der Waals surface area (Å²) in [6.07, 6.45) is 15.4. The number of carbonyl (C=O) groups excluding carboxylic acids is 2. The van der Waals surface area contributed by atoms with Crippen LogP contribution in [0.5, 0.6) is 0 Å². The van der Waals surface area contributed by atoms with Gasteiger partial charge in [0.1, 0.15) is 5.33 Å². The van der Waals surface area contributed by atoms with E-state index in [9.17, 15) is 9.59 Å². The van der Waals surface area contributed by atoms with Gasteiger partial charge in [-0.3, -0.25) is 9.59 Å². The fourth-order valence-corrected chi connectivity index (χ4v) is 9.83. The third kappa shape index (κ3) is 4.92. The Bertz CT molecular complexity index is 749. The Morgan fingerprint density at radius 1 is 0.912 bits per heavy atom. The summed E-state index contributed by atoms with van der Waals surface area (Å²) in [4.78, 5) is 24.2. The Hall–Kier alpha value is -0.380. The van der Waals surface area contributed by atoms with Gasteiger partial charge in [-0.25, -0.2) is 0 Å². The first-order valence-electron chi connectivity index (χ1n) is 14.4. The summed E-state index contributed by atoms with van der Waals surface area (Å²) in [5.74, 6) is 4.98. The van der Waals surface area contributed by atoms with E-state index in [1.165, 1.54) is 57.8 Å². The number of rotatable bonds is 7. The maximum absolute atomic E-state index is 12.6. The molecular formula is C30H49BrO3. The van der Waals surface area contributed by atoms with Crippen molar-refractivity contribution in [2.75, 3.05) is 5.33 Å². The molecule has 0 radical (unpaired) electrons. The van der Waals surface area contributed by atoms with Crippen LogP contribution in [0.25, 0.3) is 0 Å². The molecule has 3 nitrogen and oxygen atoms in total. The van der Waals surface area contributed by atoms with Gasteiger partial charge in [-0.2, -0.15) is 0 Å². The molecule has 0 aromatic heterocycles. The lowest BCUT2D eigenvalue weighted by atomic mass is 9.44. The smallest absolute Gasteiger partial charge is 0.324 e. The lowest BCUT2D eigenvalue weighted by molar-refractivity contribution is -0.166. The number of hydrogen-bond donors (Lipinski definition) is 0. The molecule has 0 bridgehead atoms. The number of ether oxygens (including phenoxy) is 1. The second-order valence-electron chi connectivity index (χ2n) is 13.6. The molecule has 0 aromatic carbocycles. The predicted molar refractivity (Wildman–Crippen MR) is 141 cm³/mol. The number of carbonyl (C=O) groups is 2. The van der Waals surface area contributed by atoms with Crippen LogP contribution in [0, 0.1) is 58.2 Å². The average molecular weight is 538 g/mol. The van der Waals surface area contributed by atoms with Crippen LogP contribution in [0.3, 0.4) is 0 Å². The summed E-state index contributed by atoms with van der Waals surface area (Å²) in [6, 6.07) is 0. The molecular weight excluding hydrogens is 488 g/mol. The number of halogens is 1. The number of hydrogen-bond acceptors (Lipinski definition) is 3. The van der Waals surface area contributed by atoms with Gasteiger partial charge in [-0.15, -0.1) is 0 Å². The molecule has 34 heavy (non-hydrogen) atoms. The molecule has 4 aliphatic carbocycles. The molecule has 0 aromatic rings. The average Bonchev–Trinajstić information content (AvgIpc) is 3.15. The van der Waals surface area contributed by atoms with E-state index in [1.807, 2.05) is 0 Å². The first-order valence-corrected chi connectivity index (χ1v) is 15.5. The Balaban J connectivity index is 1.41. The highest BCUT2D eigenvalue weighted by Gasteiger charge is 2.60. The van der Waals surface area contributed by atoms with Gasteiger partial charge in [0.25, 0.3) is 0 Å². The number of fused-ring (bicyclic) bond motifs is 5. The Kier molecular flexibility index (Phi) is 8.27. The van der Waals surface area contributed by atoms with Crippen LogP contribution < -0.4 is 0 Å². The highest BCUT2D eigenvalue weighted by molar-refractivity contribution is 9.09. The molecule has 2 unspecified atom stereocenters. The number of alkyl halides is 1. The van der Waals surface area contributed by atoms with E-state index in [2.05, 4.69) is 50.5 Å². The summed E-state index contributed by atoms with van der Waals surface area (Å²) in [7, 11) is 0. The molecule has 4 fully saturated rings. The second-order valence-corrected chi connectivity index (χ2v) is 14.1. The van der Waals surface area contributed by atoms with E-state index in [1.54, 1.807) is 0 Å². The molecule has 0 aliphatic heterocycles. The Morgan fingerprint density at radius 3 is 2.32 bits per heavy atom. The van der Waals surface area contributed by atoms with E-state index in [0.29, 0.717) is 16.7 Å². The molecule has 0 spiro atoms. The van der Waals surface area contributed by atoms with E-state index in [-0.39, 0.29) is 17.2 Å². The minimum absolute atomic E-state index is 0.0889. The third-order valence-electron chi connectivity index (χ3n) is 11.5. The van der Waals surface area contributed by atoms with Gasteiger partial charge in [0.05, 0.1) is 5.92 Å². The van der Waals surface area contributed by atoms with Crippen LogP contribution >= 0.6 is 15.9 Å². The maximum atomic E-state index is 12.6.